The molecule has 0 fully saturated rings. The molecule has 0 unspecified atom stereocenters. The van der Waals surface area contributed by atoms with E-state index in [-0.39, 0.29) is 10.8 Å². The van der Waals surface area contributed by atoms with E-state index in [0.717, 1.165) is 22.4 Å². The number of para-hydroxylation sites is 1. The Kier molecular flexibility index (Phi) is 4.59. The zero-order valence-electron chi connectivity index (χ0n) is 23.4. The lowest BCUT2D eigenvalue weighted by Gasteiger charge is -2.47. The summed E-state index contributed by atoms with van der Waals surface area (Å²) in [6.07, 6.45) is 0.615. The molecular formula is C32H36N2. The van der Waals surface area contributed by atoms with Crippen molar-refractivity contribution in [3.63, 3.8) is 0 Å². The quantitative estimate of drug-likeness (QED) is 0.306. The molecule has 0 saturated heterocycles. The highest BCUT2D eigenvalue weighted by molar-refractivity contribution is 5.74. The average molecular weight is 451 g/mol. The fourth-order valence-corrected chi connectivity index (χ4v) is 5.18. The summed E-state index contributed by atoms with van der Waals surface area (Å²) in [5.41, 5.74) is 8.34. The molecule has 0 amide bonds. The summed E-state index contributed by atoms with van der Waals surface area (Å²) in [4.78, 5) is 0. The molecule has 0 saturated carbocycles. The molecule has 2 nitrogen and oxygen atoms in total. The Morgan fingerprint density at radius 1 is 0.765 bits per heavy atom. The van der Waals surface area contributed by atoms with Crippen molar-refractivity contribution in [3.05, 3.63) is 95.8 Å². The molecule has 1 aliphatic rings. The van der Waals surface area contributed by atoms with E-state index >= 15 is 0 Å². The largest absolute Gasteiger partial charge is 0.236 e. The monoisotopic (exact) mass is 450 g/mol. The average Bonchev–Trinajstić information content (AvgIpc) is 3.29. The molecule has 34 heavy (non-hydrogen) atoms. The number of hydrogen-bond acceptors (Lipinski definition) is 1. The minimum atomic E-state index is -1.39. The maximum atomic E-state index is 8.54. The van der Waals surface area contributed by atoms with Crippen molar-refractivity contribution in [1.82, 2.24) is 9.78 Å². The summed E-state index contributed by atoms with van der Waals surface area (Å²) in [5, 5.41) is 4.85. The first-order chi connectivity index (χ1) is 16.8. The normalized spacial score (nSPS) is 17.4. The zero-order chi connectivity index (χ0) is 26.1. The van der Waals surface area contributed by atoms with Crippen LogP contribution in [0.15, 0.2) is 79.0 Å². The number of aromatic nitrogens is 2. The second-order valence-electron chi connectivity index (χ2n) is 11.6. The van der Waals surface area contributed by atoms with E-state index in [1.165, 1.54) is 16.8 Å². The molecule has 0 N–H and O–H groups in total. The van der Waals surface area contributed by atoms with E-state index in [1.807, 2.05) is 51.2 Å². The third-order valence-corrected chi connectivity index (χ3v) is 7.66. The van der Waals surface area contributed by atoms with E-state index in [4.69, 9.17) is 7.84 Å². The van der Waals surface area contributed by atoms with Crippen molar-refractivity contribution >= 4 is 0 Å². The van der Waals surface area contributed by atoms with Crippen LogP contribution in [0.3, 0.4) is 0 Å². The molecule has 3 aromatic carbocycles. The van der Waals surface area contributed by atoms with Crippen LogP contribution >= 0.6 is 0 Å². The van der Waals surface area contributed by atoms with Crippen molar-refractivity contribution in [1.29, 1.82) is 0 Å². The topological polar surface area (TPSA) is 17.8 Å². The van der Waals surface area contributed by atoms with Gasteiger partial charge in [-0.2, -0.15) is 5.10 Å². The van der Waals surface area contributed by atoms with E-state index in [9.17, 15) is 0 Å². The van der Waals surface area contributed by atoms with Gasteiger partial charge in [0.1, 0.15) is 0 Å². The molecule has 0 spiro atoms. The van der Waals surface area contributed by atoms with Gasteiger partial charge in [-0.25, -0.2) is 4.68 Å². The number of nitrogens with zero attached hydrogens (tertiary/aromatic N) is 2. The summed E-state index contributed by atoms with van der Waals surface area (Å²) < 4.78 is 19.2. The molecule has 0 aliphatic carbocycles. The van der Waals surface area contributed by atoms with Gasteiger partial charge >= 0.3 is 0 Å². The van der Waals surface area contributed by atoms with Gasteiger partial charge in [0.2, 0.25) is 0 Å². The standard InChI is InChI=1S/C32H36N2/c1-30(2,3)20-22-12-14-23(15-13-22)24-16-18-25(19-17-24)26-21-33-34-28-11-9-8-10-27(28)31(4,5)32(6,7)29(26)34/h8-19,21H,20H2,1-7H3/i20D2. The Bertz CT molecular complexity index is 1420. The minimum absolute atomic E-state index is 0.0476. The van der Waals surface area contributed by atoms with Gasteiger partial charge < -0.3 is 0 Å². The smallest absolute Gasteiger partial charge is 0.0687 e. The lowest BCUT2D eigenvalue weighted by atomic mass is 9.59. The number of hydrogen-bond donors (Lipinski definition) is 0. The van der Waals surface area contributed by atoms with Gasteiger partial charge in [0.15, 0.2) is 0 Å². The predicted octanol–water partition coefficient (Wildman–Crippen LogP) is 8.36. The van der Waals surface area contributed by atoms with Crippen molar-refractivity contribution < 1.29 is 2.74 Å². The summed E-state index contributed by atoms with van der Waals surface area (Å²) in [6, 6.07) is 25.2. The van der Waals surface area contributed by atoms with Gasteiger partial charge in [-0.3, -0.25) is 0 Å². The second-order valence-corrected chi connectivity index (χ2v) is 11.6. The Labute approximate surface area is 207 Å². The van der Waals surface area contributed by atoms with Gasteiger partial charge in [-0.05, 0) is 45.7 Å². The molecule has 0 radical (unpaired) electrons. The van der Waals surface area contributed by atoms with Gasteiger partial charge in [-0.15, -0.1) is 0 Å². The molecule has 174 valence electrons. The number of fused-ring (bicyclic) bond motifs is 3. The molecule has 0 atom stereocenters. The van der Waals surface area contributed by atoms with Crippen LogP contribution in [0.4, 0.5) is 0 Å². The first-order valence-corrected chi connectivity index (χ1v) is 12.2. The second kappa shape index (κ2) is 7.70. The first-order valence-electron chi connectivity index (χ1n) is 13.2. The van der Waals surface area contributed by atoms with Crippen LogP contribution in [-0.2, 0) is 17.2 Å². The molecule has 2 heterocycles. The summed E-state index contributed by atoms with van der Waals surface area (Å²) >= 11 is 0. The Balaban J connectivity index is 1.52. The highest BCUT2D eigenvalue weighted by Crippen LogP contribution is 2.52. The van der Waals surface area contributed by atoms with Gasteiger partial charge in [0, 0.05) is 19.1 Å². The summed E-state index contributed by atoms with van der Waals surface area (Å²) in [5.74, 6) is 0. The van der Waals surface area contributed by atoms with Crippen LogP contribution in [0, 0.1) is 5.41 Å². The molecular weight excluding hydrogens is 412 g/mol. The molecule has 5 rings (SSSR count). The van der Waals surface area contributed by atoms with E-state index in [2.05, 4.69) is 80.9 Å². The van der Waals surface area contributed by atoms with E-state index in [1.54, 1.807) is 0 Å². The first kappa shape index (κ1) is 20.3. The Morgan fingerprint density at radius 2 is 1.32 bits per heavy atom. The van der Waals surface area contributed by atoms with Crippen LogP contribution < -0.4 is 0 Å². The van der Waals surface area contributed by atoms with Crippen molar-refractivity contribution in [2.45, 2.75) is 65.7 Å². The van der Waals surface area contributed by atoms with Crippen LogP contribution in [-0.4, -0.2) is 9.78 Å². The van der Waals surface area contributed by atoms with E-state index < -0.39 is 11.8 Å². The molecule has 1 aliphatic heterocycles. The number of rotatable bonds is 3. The molecule has 2 heteroatoms. The SMILES string of the molecule is [2H]C([2H])(c1ccc(-c2ccc(-c3cnn4c3C(C)(C)C(C)(C)c3ccccc3-4)cc2)cc1)C(C)(C)C. The maximum Gasteiger partial charge on any atom is 0.0687 e. The van der Waals surface area contributed by atoms with Crippen LogP contribution in [0.25, 0.3) is 27.9 Å². The summed E-state index contributed by atoms with van der Waals surface area (Å²) in [6.45, 7) is 15.1. The fraction of sp³-hybridized carbons (Fsp3) is 0.344. The number of benzene rings is 3. The van der Waals surface area contributed by atoms with Gasteiger partial charge in [0.25, 0.3) is 0 Å². The van der Waals surface area contributed by atoms with Crippen molar-refractivity contribution in [2.75, 3.05) is 0 Å². The van der Waals surface area contributed by atoms with Crippen LogP contribution in [0.1, 0.15) is 68.0 Å². The predicted molar refractivity (Wildman–Crippen MR) is 144 cm³/mol. The van der Waals surface area contributed by atoms with Crippen molar-refractivity contribution in [2.24, 2.45) is 5.41 Å². The third kappa shape index (κ3) is 3.60. The van der Waals surface area contributed by atoms with Gasteiger partial charge in [0.05, 0.1) is 17.6 Å². The highest BCUT2D eigenvalue weighted by atomic mass is 15.3. The lowest BCUT2D eigenvalue weighted by molar-refractivity contribution is 0.276. The van der Waals surface area contributed by atoms with Crippen LogP contribution in [0.2, 0.25) is 0 Å². The van der Waals surface area contributed by atoms with E-state index in [0.29, 0.717) is 5.56 Å². The highest BCUT2D eigenvalue weighted by Gasteiger charge is 2.48. The van der Waals surface area contributed by atoms with Gasteiger partial charge in [-0.1, -0.05) is 115 Å². The van der Waals surface area contributed by atoms with Crippen molar-refractivity contribution in [3.8, 4) is 27.9 Å². The molecule has 1 aromatic heterocycles. The summed E-state index contributed by atoms with van der Waals surface area (Å²) in [7, 11) is 0. The molecule has 4 aromatic rings. The maximum absolute atomic E-state index is 8.54. The third-order valence-electron chi connectivity index (χ3n) is 7.66. The Morgan fingerprint density at radius 3 is 1.94 bits per heavy atom. The fourth-order valence-electron chi connectivity index (χ4n) is 5.18. The Hall–Kier alpha value is -3.13. The van der Waals surface area contributed by atoms with Crippen LogP contribution in [0.5, 0.6) is 0 Å². The zero-order valence-corrected chi connectivity index (χ0v) is 21.4. The lowest BCUT2D eigenvalue weighted by Crippen LogP contribution is -2.46. The molecule has 0 bridgehead atoms. The minimum Gasteiger partial charge on any atom is -0.236 e.